The molecule has 0 bridgehead atoms. The molecular formula is C15H23BrN2O3S2. The van der Waals surface area contributed by atoms with Crippen LogP contribution in [0, 0.1) is 5.92 Å². The zero-order chi connectivity index (χ0) is 16.9. The van der Waals surface area contributed by atoms with E-state index in [9.17, 15) is 13.2 Å². The lowest BCUT2D eigenvalue weighted by Gasteiger charge is -2.30. The van der Waals surface area contributed by atoms with Gasteiger partial charge in [0.15, 0.2) is 0 Å². The van der Waals surface area contributed by atoms with Crippen LogP contribution >= 0.6 is 27.3 Å². The van der Waals surface area contributed by atoms with Crippen molar-refractivity contribution in [3.8, 4) is 0 Å². The minimum atomic E-state index is -3.49. The molecule has 1 aliphatic heterocycles. The van der Waals surface area contributed by atoms with Gasteiger partial charge < -0.3 is 5.32 Å². The van der Waals surface area contributed by atoms with Gasteiger partial charge in [0, 0.05) is 19.6 Å². The fraction of sp³-hybridized carbons (Fsp3) is 0.667. The number of rotatable bonds is 7. The molecule has 1 amide bonds. The molecule has 23 heavy (non-hydrogen) atoms. The highest BCUT2D eigenvalue weighted by molar-refractivity contribution is 9.11. The zero-order valence-electron chi connectivity index (χ0n) is 13.3. The van der Waals surface area contributed by atoms with Crippen LogP contribution < -0.4 is 5.32 Å². The van der Waals surface area contributed by atoms with E-state index in [2.05, 4.69) is 28.2 Å². The molecule has 1 aliphatic rings. The molecule has 0 spiro atoms. The highest BCUT2D eigenvalue weighted by Gasteiger charge is 2.33. The second-order valence-electron chi connectivity index (χ2n) is 5.76. The van der Waals surface area contributed by atoms with Crippen LogP contribution in [-0.4, -0.2) is 38.3 Å². The maximum Gasteiger partial charge on any atom is 0.252 e. The molecule has 1 N–H and O–H groups in total. The van der Waals surface area contributed by atoms with Crippen molar-refractivity contribution in [1.29, 1.82) is 0 Å². The topological polar surface area (TPSA) is 66.5 Å². The van der Waals surface area contributed by atoms with E-state index in [0.29, 0.717) is 17.3 Å². The van der Waals surface area contributed by atoms with Crippen LogP contribution in [0.5, 0.6) is 0 Å². The van der Waals surface area contributed by atoms with Crippen LogP contribution in [0.4, 0.5) is 0 Å². The van der Waals surface area contributed by atoms with Gasteiger partial charge in [0.25, 0.3) is 10.0 Å². The molecule has 5 nitrogen and oxygen atoms in total. The number of thiophene rings is 1. The third kappa shape index (κ3) is 5.01. The van der Waals surface area contributed by atoms with E-state index in [0.717, 1.165) is 35.9 Å². The molecule has 2 rings (SSSR count). The van der Waals surface area contributed by atoms with E-state index >= 15 is 0 Å². The van der Waals surface area contributed by atoms with Gasteiger partial charge >= 0.3 is 0 Å². The number of nitrogens with zero attached hydrogens (tertiary/aromatic N) is 1. The number of hydrogen-bond acceptors (Lipinski definition) is 4. The van der Waals surface area contributed by atoms with Crippen molar-refractivity contribution in [2.45, 2.75) is 43.2 Å². The standard InChI is InChI=1S/C15H23BrN2O3S2/c1-2-3-4-9-17-15(19)12-6-5-10-18(11-12)23(20,21)14-8-7-13(16)22-14/h7-8,12H,2-6,9-11H2,1H3,(H,17,19). The van der Waals surface area contributed by atoms with E-state index in [1.165, 1.54) is 15.6 Å². The Kier molecular flexibility index (Phi) is 7.06. The summed E-state index contributed by atoms with van der Waals surface area (Å²) in [7, 11) is -3.49. The van der Waals surface area contributed by atoms with Crippen LogP contribution in [0.25, 0.3) is 0 Å². The summed E-state index contributed by atoms with van der Waals surface area (Å²) >= 11 is 4.50. The summed E-state index contributed by atoms with van der Waals surface area (Å²) in [6, 6.07) is 3.35. The van der Waals surface area contributed by atoms with Crippen LogP contribution in [0.15, 0.2) is 20.1 Å². The van der Waals surface area contributed by atoms with Crippen LogP contribution in [0.2, 0.25) is 0 Å². The summed E-state index contributed by atoms with van der Waals surface area (Å²) in [4.78, 5) is 12.2. The van der Waals surface area contributed by atoms with Crippen molar-refractivity contribution < 1.29 is 13.2 Å². The van der Waals surface area contributed by atoms with Crippen LogP contribution in [0.3, 0.4) is 0 Å². The number of nitrogens with one attached hydrogen (secondary N) is 1. The normalized spacial score (nSPS) is 19.7. The largest absolute Gasteiger partial charge is 0.356 e. The maximum absolute atomic E-state index is 12.7. The number of amides is 1. The lowest BCUT2D eigenvalue weighted by molar-refractivity contribution is -0.126. The first kappa shape index (κ1) is 18.9. The van der Waals surface area contributed by atoms with E-state index in [4.69, 9.17) is 0 Å². The highest BCUT2D eigenvalue weighted by atomic mass is 79.9. The molecule has 0 saturated carbocycles. The fourth-order valence-corrected chi connectivity index (χ4v) is 6.36. The van der Waals surface area contributed by atoms with Gasteiger partial charge in [0.1, 0.15) is 4.21 Å². The number of unbranched alkanes of at least 4 members (excludes halogenated alkanes) is 2. The molecule has 1 fully saturated rings. The molecule has 8 heteroatoms. The Labute approximate surface area is 150 Å². The molecule has 1 unspecified atom stereocenters. The first-order valence-corrected chi connectivity index (χ1v) is 11.0. The van der Waals surface area contributed by atoms with Gasteiger partial charge in [-0.1, -0.05) is 19.8 Å². The SMILES string of the molecule is CCCCCNC(=O)C1CCCN(S(=O)(=O)c2ccc(Br)s2)C1. The number of carbonyl (C=O) groups excluding carboxylic acids is 1. The average Bonchev–Trinajstić information content (AvgIpc) is 2.99. The molecule has 1 aromatic rings. The summed E-state index contributed by atoms with van der Waals surface area (Å²) in [6.07, 6.45) is 4.65. The third-order valence-electron chi connectivity index (χ3n) is 3.98. The maximum atomic E-state index is 12.7. The number of hydrogen-bond donors (Lipinski definition) is 1. The second kappa shape index (κ2) is 8.60. The van der Waals surface area contributed by atoms with Crippen molar-refractivity contribution in [3.63, 3.8) is 0 Å². The van der Waals surface area contributed by atoms with Gasteiger partial charge in [-0.05, 0) is 47.3 Å². The van der Waals surface area contributed by atoms with Gasteiger partial charge in [-0.3, -0.25) is 4.79 Å². The Morgan fingerprint density at radius 3 is 2.87 bits per heavy atom. The van der Waals surface area contributed by atoms with Crippen LogP contribution in [-0.2, 0) is 14.8 Å². The predicted octanol–water partition coefficient (Wildman–Crippen LogP) is 3.22. The summed E-state index contributed by atoms with van der Waals surface area (Å²) in [5, 5.41) is 2.94. The number of carbonyl (C=O) groups is 1. The Bertz CT molecular complexity index is 630. The van der Waals surface area contributed by atoms with Crippen molar-refractivity contribution in [1.82, 2.24) is 9.62 Å². The highest BCUT2D eigenvalue weighted by Crippen LogP contribution is 2.30. The van der Waals surface area contributed by atoms with Crippen LogP contribution in [0.1, 0.15) is 39.0 Å². The minimum absolute atomic E-state index is 0.0200. The van der Waals surface area contributed by atoms with E-state index in [-0.39, 0.29) is 18.4 Å². The van der Waals surface area contributed by atoms with Gasteiger partial charge in [0.2, 0.25) is 5.91 Å². The Morgan fingerprint density at radius 2 is 2.22 bits per heavy atom. The van der Waals surface area contributed by atoms with Crippen molar-refractivity contribution in [2.24, 2.45) is 5.92 Å². The number of halogens is 1. The summed E-state index contributed by atoms with van der Waals surface area (Å²) < 4.78 is 27.9. The van der Waals surface area contributed by atoms with Crippen molar-refractivity contribution in [2.75, 3.05) is 19.6 Å². The quantitative estimate of drug-likeness (QED) is 0.685. The smallest absolute Gasteiger partial charge is 0.252 e. The molecule has 0 radical (unpaired) electrons. The number of piperidine rings is 1. The summed E-state index contributed by atoms with van der Waals surface area (Å²) in [5.41, 5.74) is 0. The van der Waals surface area contributed by atoms with Gasteiger partial charge in [-0.25, -0.2) is 8.42 Å². The third-order valence-corrected chi connectivity index (χ3v) is 7.93. The lowest BCUT2D eigenvalue weighted by atomic mass is 9.99. The summed E-state index contributed by atoms with van der Waals surface area (Å²) in [6.45, 7) is 3.55. The predicted molar refractivity (Wildman–Crippen MR) is 96.0 cm³/mol. The zero-order valence-corrected chi connectivity index (χ0v) is 16.5. The Balaban J connectivity index is 1.96. The summed E-state index contributed by atoms with van der Waals surface area (Å²) in [5.74, 6) is -0.267. The molecule has 2 heterocycles. The van der Waals surface area contributed by atoms with Gasteiger partial charge in [0.05, 0.1) is 9.70 Å². The molecule has 130 valence electrons. The molecular weight excluding hydrogens is 400 g/mol. The Morgan fingerprint density at radius 1 is 1.43 bits per heavy atom. The number of sulfonamides is 1. The minimum Gasteiger partial charge on any atom is -0.356 e. The fourth-order valence-electron chi connectivity index (χ4n) is 2.67. The van der Waals surface area contributed by atoms with Gasteiger partial charge in [-0.15, -0.1) is 11.3 Å². The first-order valence-electron chi connectivity index (χ1n) is 7.98. The second-order valence-corrected chi connectivity index (χ2v) is 10.4. The van der Waals surface area contributed by atoms with E-state index < -0.39 is 10.0 Å². The molecule has 1 aromatic heterocycles. The van der Waals surface area contributed by atoms with E-state index in [1.54, 1.807) is 12.1 Å². The molecule has 0 aromatic carbocycles. The monoisotopic (exact) mass is 422 g/mol. The first-order chi connectivity index (χ1) is 10.9. The lowest BCUT2D eigenvalue weighted by Crippen LogP contribution is -2.45. The molecule has 0 aliphatic carbocycles. The van der Waals surface area contributed by atoms with Crippen molar-refractivity contribution in [3.05, 3.63) is 15.9 Å². The van der Waals surface area contributed by atoms with Gasteiger partial charge in [-0.2, -0.15) is 4.31 Å². The molecule has 1 saturated heterocycles. The average molecular weight is 423 g/mol. The Hall–Kier alpha value is -0.440. The molecule has 1 atom stereocenters. The van der Waals surface area contributed by atoms with E-state index in [1.807, 2.05) is 0 Å². The van der Waals surface area contributed by atoms with Crippen molar-refractivity contribution >= 4 is 43.2 Å².